The van der Waals surface area contributed by atoms with Gasteiger partial charge in [-0.15, -0.1) is 0 Å². The number of carbonyl (C=O) groups is 1. The van der Waals surface area contributed by atoms with Crippen molar-refractivity contribution in [1.82, 2.24) is 5.32 Å². The number of ether oxygens (including phenoxy) is 2. The molecule has 3 aromatic rings. The number of thiocarbonyl (C=S) groups is 1. The lowest BCUT2D eigenvalue weighted by Crippen LogP contribution is -2.34. The normalized spacial score (nSPS) is 10.5. The third-order valence-electron chi connectivity index (χ3n) is 5.51. The predicted molar refractivity (Wildman–Crippen MR) is 154 cm³/mol. The Morgan fingerprint density at radius 2 is 1.58 bits per heavy atom. The van der Waals surface area contributed by atoms with Crippen LogP contribution in [0, 0.1) is 0 Å². The average molecular weight is 570 g/mol. The molecule has 1 amide bonds. The Morgan fingerprint density at radius 1 is 0.861 bits per heavy atom. The molecule has 36 heavy (non-hydrogen) atoms. The van der Waals surface area contributed by atoms with E-state index < -0.39 is 0 Å². The van der Waals surface area contributed by atoms with Gasteiger partial charge in [0.05, 0.1) is 24.5 Å². The van der Waals surface area contributed by atoms with E-state index in [2.05, 4.69) is 45.6 Å². The Morgan fingerprint density at radius 3 is 2.39 bits per heavy atom. The number of para-hydroxylation sites is 2. The number of nitrogens with one attached hydrogen (secondary N) is 2. The van der Waals surface area contributed by atoms with Crippen molar-refractivity contribution < 1.29 is 14.3 Å². The van der Waals surface area contributed by atoms with Crippen LogP contribution >= 0.6 is 28.1 Å². The molecule has 0 spiro atoms. The number of aryl methyl sites for hydroxylation is 1. The molecule has 0 aliphatic carbocycles. The van der Waals surface area contributed by atoms with Crippen molar-refractivity contribution in [3.05, 3.63) is 88.4 Å². The van der Waals surface area contributed by atoms with E-state index in [9.17, 15) is 4.79 Å². The molecule has 0 aliphatic heterocycles. The fraction of sp³-hybridized carbons (Fsp3) is 0.310. The predicted octanol–water partition coefficient (Wildman–Crippen LogP) is 7.55. The van der Waals surface area contributed by atoms with Gasteiger partial charge in [-0.2, -0.15) is 0 Å². The topological polar surface area (TPSA) is 59.6 Å². The van der Waals surface area contributed by atoms with Gasteiger partial charge in [-0.25, -0.2) is 0 Å². The first-order valence-corrected chi connectivity index (χ1v) is 13.6. The van der Waals surface area contributed by atoms with Crippen molar-refractivity contribution >= 4 is 44.9 Å². The Kier molecular flexibility index (Phi) is 11.7. The minimum absolute atomic E-state index is 0.189. The van der Waals surface area contributed by atoms with Crippen LogP contribution in [0.1, 0.15) is 54.9 Å². The number of anilines is 1. The molecular weight excluding hydrogens is 536 g/mol. The number of benzene rings is 3. The summed E-state index contributed by atoms with van der Waals surface area (Å²) in [6.07, 6.45) is 6.24. The SMILES string of the molecule is CCCCCCOc1ccc(Br)cc1C(=O)NC(=S)Nc1ccccc1OCCCc1ccccc1. The van der Waals surface area contributed by atoms with Crippen LogP contribution in [0.4, 0.5) is 5.69 Å². The number of hydrogen-bond acceptors (Lipinski definition) is 4. The van der Waals surface area contributed by atoms with Gasteiger partial charge in [-0.1, -0.05) is 84.6 Å². The lowest BCUT2D eigenvalue weighted by atomic mass is 10.1. The van der Waals surface area contributed by atoms with E-state index in [0.717, 1.165) is 36.6 Å². The maximum atomic E-state index is 13.0. The van der Waals surface area contributed by atoms with Gasteiger partial charge in [0.2, 0.25) is 0 Å². The second kappa shape index (κ2) is 15.3. The molecular formula is C29H33BrN2O3S. The first-order valence-electron chi connectivity index (χ1n) is 12.4. The molecule has 5 nitrogen and oxygen atoms in total. The van der Waals surface area contributed by atoms with E-state index in [1.54, 1.807) is 12.1 Å². The maximum Gasteiger partial charge on any atom is 0.261 e. The van der Waals surface area contributed by atoms with Gasteiger partial charge in [0.25, 0.3) is 5.91 Å². The molecule has 0 atom stereocenters. The number of unbranched alkanes of at least 4 members (excludes halogenated alkanes) is 3. The summed E-state index contributed by atoms with van der Waals surface area (Å²) in [5.74, 6) is 0.886. The quantitative estimate of drug-likeness (QED) is 0.165. The van der Waals surface area contributed by atoms with Gasteiger partial charge in [0.15, 0.2) is 5.11 Å². The first kappa shape index (κ1) is 27.7. The lowest BCUT2D eigenvalue weighted by Gasteiger charge is -2.16. The van der Waals surface area contributed by atoms with Crippen LogP contribution in [-0.2, 0) is 6.42 Å². The summed E-state index contributed by atoms with van der Waals surface area (Å²) in [6.45, 7) is 3.31. The molecule has 2 N–H and O–H groups in total. The summed E-state index contributed by atoms with van der Waals surface area (Å²) in [6, 6.07) is 23.3. The van der Waals surface area contributed by atoms with Crippen molar-refractivity contribution in [1.29, 1.82) is 0 Å². The number of hydrogen-bond donors (Lipinski definition) is 2. The van der Waals surface area contributed by atoms with Gasteiger partial charge in [-0.05, 0) is 67.4 Å². The summed E-state index contributed by atoms with van der Waals surface area (Å²) < 4.78 is 12.7. The van der Waals surface area contributed by atoms with Crippen LogP contribution in [0.5, 0.6) is 11.5 Å². The number of carbonyl (C=O) groups excluding carboxylic acids is 1. The first-order chi connectivity index (χ1) is 17.6. The average Bonchev–Trinajstić information content (AvgIpc) is 2.88. The Labute approximate surface area is 227 Å². The van der Waals surface area contributed by atoms with Gasteiger partial charge >= 0.3 is 0 Å². The highest BCUT2D eigenvalue weighted by atomic mass is 79.9. The molecule has 0 saturated heterocycles. The summed E-state index contributed by atoms with van der Waals surface area (Å²) in [5.41, 5.74) is 2.41. The van der Waals surface area contributed by atoms with Crippen LogP contribution in [0.15, 0.2) is 77.3 Å². The molecule has 7 heteroatoms. The fourth-order valence-electron chi connectivity index (χ4n) is 3.64. The molecule has 190 valence electrons. The molecule has 3 aromatic carbocycles. The Bertz CT molecular complexity index is 1120. The standard InChI is InChI=1S/C29H33BrN2O3S/c1-2-3-4-10-19-34-26-18-17-23(30)21-24(26)28(33)32-29(36)31-25-15-8-9-16-27(25)35-20-11-14-22-12-6-5-7-13-22/h5-9,12-13,15-18,21H,2-4,10-11,14,19-20H2,1H3,(H2,31,32,33,36). The number of halogens is 1. The highest BCUT2D eigenvalue weighted by Gasteiger charge is 2.16. The third kappa shape index (κ3) is 9.28. The highest BCUT2D eigenvalue weighted by Crippen LogP contribution is 2.25. The van der Waals surface area contributed by atoms with E-state index >= 15 is 0 Å². The van der Waals surface area contributed by atoms with E-state index in [1.807, 2.05) is 48.5 Å². The van der Waals surface area contributed by atoms with Gasteiger partial charge in [0, 0.05) is 4.47 Å². The summed E-state index contributed by atoms with van der Waals surface area (Å²) in [5, 5.41) is 6.05. The third-order valence-corrected chi connectivity index (χ3v) is 6.21. The molecule has 0 saturated carbocycles. The number of amides is 1. The van der Waals surface area contributed by atoms with E-state index in [-0.39, 0.29) is 11.0 Å². The van der Waals surface area contributed by atoms with E-state index in [0.29, 0.717) is 36.0 Å². The molecule has 0 unspecified atom stereocenters. The van der Waals surface area contributed by atoms with Crippen molar-refractivity contribution in [2.24, 2.45) is 0 Å². The Hall–Kier alpha value is -2.90. The summed E-state index contributed by atoms with van der Waals surface area (Å²) >= 11 is 8.87. The van der Waals surface area contributed by atoms with Crippen molar-refractivity contribution in [2.45, 2.75) is 45.4 Å². The molecule has 0 aromatic heterocycles. The Balaban J connectivity index is 1.54. The monoisotopic (exact) mass is 568 g/mol. The van der Waals surface area contributed by atoms with Crippen LogP contribution in [0.25, 0.3) is 0 Å². The van der Waals surface area contributed by atoms with Crippen molar-refractivity contribution in [3.63, 3.8) is 0 Å². The van der Waals surface area contributed by atoms with Gasteiger partial charge in [-0.3, -0.25) is 10.1 Å². The molecule has 0 radical (unpaired) electrons. The minimum Gasteiger partial charge on any atom is -0.493 e. The summed E-state index contributed by atoms with van der Waals surface area (Å²) in [4.78, 5) is 13.0. The van der Waals surface area contributed by atoms with Crippen molar-refractivity contribution in [2.75, 3.05) is 18.5 Å². The maximum absolute atomic E-state index is 13.0. The molecule has 0 bridgehead atoms. The second-order valence-corrected chi connectivity index (χ2v) is 9.72. The van der Waals surface area contributed by atoms with E-state index in [4.69, 9.17) is 21.7 Å². The second-order valence-electron chi connectivity index (χ2n) is 8.39. The molecule has 3 rings (SSSR count). The van der Waals surface area contributed by atoms with Crippen LogP contribution in [-0.4, -0.2) is 24.2 Å². The summed E-state index contributed by atoms with van der Waals surface area (Å²) in [7, 11) is 0. The minimum atomic E-state index is -0.335. The van der Waals surface area contributed by atoms with Gasteiger partial charge in [0.1, 0.15) is 11.5 Å². The smallest absolute Gasteiger partial charge is 0.261 e. The molecule has 0 aliphatic rings. The van der Waals surface area contributed by atoms with Crippen LogP contribution in [0.3, 0.4) is 0 Å². The van der Waals surface area contributed by atoms with Crippen LogP contribution < -0.4 is 20.1 Å². The zero-order valence-corrected chi connectivity index (χ0v) is 23.0. The lowest BCUT2D eigenvalue weighted by molar-refractivity contribution is 0.0973. The zero-order valence-electron chi connectivity index (χ0n) is 20.6. The molecule has 0 heterocycles. The largest absolute Gasteiger partial charge is 0.493 e. The fourth-order valence-corrected chi connectivity index (χ4v) is 4.20. The highest BCUT2D eigenvalue weighted by molar-refractivity contribution is 9.10. The van der Waals surface area contributed by atoms with Crippen molar-refractivity contribution in [3.8, 4) is 11.5 Å². The zero-order chi connectivity index (χ0) is 25.6. The van der Waals surface area contributed by atoms with Crippen LogP contribution in [0.2, 0.25) is 0 Å². The van der Waals surface area contributed by atoms with E-state index in [1.165, 1.54) is 12.0 Å². The molecule has 0 fully saturated rings. The van der Waals surface area contributed by atoms with Gasteiger partial charge < -0.3 is 14.8 Å². The number of rotatable bonds is 13.